The highest BCUT2D eigenvalue weighted by Gasteiger charge is 2.19. The highest BCUT2D eigenvalue weighted by atomic mass is 32.1. The summed E-state index contributed by atoms with van der Waals surface area (Å²) in [5.41, 5.74) is 2.17. The zero-order valence-electron chi connectivity index (χ0n) is 7.32. The zero-order valence-corrected chi connectivity index (χ0v) is 8.14. The van der Waals surface area contributed by atoms with Gasteiger partial charge in [0.05, 0.1) is 11.8 Å². The lowest BCUT2D eigenvalue weighted by atomic mass is 10.1. The second-order valence-corrected chi connectivity index (χ2v) is 3.42. The third-order valence-corrected chi connectivity index (χ3v) is 2.25. The van der Waals surface area contributed by atoms with Gasteiger partial charge in [-0.2, -0.15) is 0 Å². The van der Waals surface area contributed by atoms with E-state index in [1.165, 1.54) is 0 Å². The molecule has 1 aromatic rings. The summed E-state index contributed by atoms with van der Waals surface area (Å²) in [6, 6.07) is 10.3. The van der Waals surface area contributed by atoms with Crippen molar-refractivity contribution in [2.24, 2.45) is 4.99 Å². The largest absolute Gasteiger partial charge is 0.353 e. The van der Waals surface area contributed by atoms with E-state index in [4.69, 9.17) is 12.2 Å². The van der Waals surface area contributed by atoms with Gasteiger partial charge in [-0.05, 0) is 24.7 Å². The van der Waals surface area contributed by atoms with Crippen molar-refractivity contribution < 1.29 is 0 Å². The lowest BCUT2D eigenvalue weighted by molar-refractivity contribution is 0.882. The van der Waals surface area contributed by atoms with E-state index < -0.39 is 0 Å². The third-order valence-electron chi connectivity index (χ3n) is 2.04. The number of hydrogen-bond donors (Lipinski definition) is 1. The fraction of sp³-hybridized carbons (Fsp3) is 0.200. The van der Waals surface area contributed by atoms with Gasteiger partial charge in [-0.1, -0.05) is 30.3 Å². The minimum Gasteiger partial charge on any atom is -0.353 e. The molecule has 1 N–H and O–H groups in total. The lowest BCUT2D eigenvalue weighted by Gasteiger charge is -2.06. The molecule has 0 saturated carbocycles. The minimum atomic E-state index is 0.231. The van der Waals surface area contributed by atoms with E-state index in [1.54, 1.807) is 0 Å². The average molecular weight is 190 g/mol. The van der Waals surface area contributed by atoms with Crippen LogP contribution < -0.4 is 5.32 Å². The van der Waals surface area contributed by atoms with Crippen molar-refractivity contribution >= 4 is 23.0 Å². The van der Waals surface area contributed by atoms with E-state index in [2.05, 4.69) is 17.2 Å². The van der Waals surface area contributed by atoms with Gasteiger partial charge in [-0.15, -0.1) is 0 Å². The summed E-state index contributed by atoms with van der Waals surface area (Å²) in [5.74, 6) is 0. The Labute approximate surface area is 82.7 Å². The van der Waals surface area contributed by atoms with Gasteiger partial charge in [0, 0.05) is 0 Å². The predicted octanol–water partition coefficient (Wildman–Crippen LogP) is 1.75. The van der Waals surface area contributed by atoms with Gasteiger partial charge in [-0.25, -0.2) is 4.99 Å². The second-order valence-electron chi connectivity index (χ2n) is 3.03. The molecule has 1 unspecified atom stereocenters. The molecule has 0 radical (unpaired) electrons. The third kappa shape index (κ3) is 1.60. The first-order valence-corrected chi connectivity index (χ1v) is 4.62. The van der Waals surface area contributed by atoms with E-state index in [9.17, 15) is 0 Å². The van der Waals surface area contributed by atoms with Crippen LogP contribution in [0.5, 0.6) is 0 Å². The van der Waals surface area contributed by atoms with E-state index in [0.717, 1.165) is 11.3 Å². The molecular formula is C10H10N2S. The standard InChI is InChI=1S/C10H10N2S/c1-7-9(12-10(13)11-7)8-5-3-2-4-6-8/h2-7H,1H3,(H,11,13). The number of aliphatic imine (C=N–C) groups is 1. The molecule has 1 aliphatic heterocycles. The number of rotatable bonds is 1. The molecule has 1 atom stereocenters. The van der Waals surface area contributed by atoms with Gasteiger partial charge in [0.1, 0.15) is 0 Å². The fourth-order valence-corrected chi connectivity index (χ4v) is 1.69. The van der Waals surface area contributed by atoms with E-state index >= 15 is 0 Å². The Bertz CT molecular complexity index is 356. The molecule has 0 amide bonds. The van der Waals surface area contributed by atoms with Crippen LogP contribution in [0.3, 0.4) is 0 Å². The summed E-state index contributed by atoms with van der Waals surface area (Å²) in [6.07, 6.45) is 0. The SMILES string of the molecule is CC1NC(=S)N=C1c1ccccc1. The molecule has 1 aromatic carbocycles. The van der Waals surface area contributed by atoms with Crippen LogP contribution in [0.4, 0.5) is 0 Å². The Hall–Kier alpha value is -1.22. The molecule has 0 spiro atoms. The number of hydrogen-bond acceptors (Lipinski definition) is 1. The van der Waals surface area contributed by atoms with Crippen LogP contribution in [-0.4, -0.2) is 16.9 Å². The van der Waals surface area contributed by atoms with Crippen molar-refractivity contribution in [2.75, 3.05) is 0 Å². The molecule has 13 heavy (non-hydrogen) atoms. The summed E-state index contributed by atoms with van der Waals surface area (Å²) in [6.45, 7) is 2.06. The molecule has 0 bridgehead atoms. The Morgan fingerprint density at radius 1 is 1.31 bits per heavy atom. The summed E-state index contributed by atoms with van der Waals surface area (Å²) in [7, 11) is 0. The highest BCUT2D eigenvalue weighted by molar-refractivity contribution is 7.80. The number of thiocarbonyl (C=S) groups is 1. The van der Waals surface area contributed by atoms with Crippen LogP contribution >= 0.6 is 12.2 Å². The second kappa shape index (κ2) is 3.26. The van der Waals surface area contributed by atoms with Gasteiger partial charge in [0.15, 0.2) is 5.11 Å². The van der Waals surface area contributed by atoms with Crippen LogP contribution in [-0.2, 0) is 0 Å². The average Bonchev–Trinajstić information content (AvgIpc) is 2.47. The van der Waals surface area contributed by atoms with Gasteiger partial charge in [-0.3, -0.25) is 0 Å². The van der Waals surface area contributed by atoms with Crippen LogP contribution in [0.25, 0.3) is 0 Å². The van der Waals surface area contributed by atoms with Crippen molar-refractivity contribution in [3.05, 3.63) is 35.9 Å². The molecular weight excluding hydrogens is 180 g/mol. The maximum Gasteiger partial charge on any atom is 0.193 e. The van der Waals surface area contributed by atoms with Crippen LogP contribution in [0, 0.1) is 0 Å². The monoisotopic (exact) mass is 190 g/mol. The molecule has 3 heteroatoms. The Morgan fingerprint density at radius 2 is 2.00 bits per heavy atom. The van der Waals surface area contributed by atoms with Crippen LogP contribution in [0.1, 0.15) is 12.5 Å². The Balaban J connectivity index is 2.37. The molecule has 0 aromatic heterocycles. The maximum atomic E-state index is 4.97. The summed E-state index contributed by atoms with van der Waals surface area (Å²) in [4.78, 5) is 4.28. The minimum absolute atomic E-state index is 0.231. The number of benzene rings is 1. The van der Waals surface area contributed by atoms with Crippen molar-refractivity contribution in [3.63, 3.8) is 0 Å². The summed E-state index contributed by atoms with van der Waals surface area (Å²) >= 11 is 4.97. The maximum absolute atomic E-state index is 4.97. The van der Waals surface area contributed by atoms with Crippen molar-refractivity contribution in [2.45, 2.75) is 13.0 Å². The molecule has 0 fully saturated rings. The van der Waals surface area contributed by atoms with E-state index in [1.807, 2.05) is 30.3 Å². The molecule has 0 saturated heterocycles. The molecule has 2 nitrogen and oxygen atoms in total. The number of nitrogens with one attached hydrogen (secondary N) is 1. The summed E-state index contributed by atoms with van der Waals surface area (Å²) in [5, 5.41) is 3.68. The van der Waals surface area contributed by atoms with Crippen molar-refractivity contribution in [1.29, 1.82) is 0 Å². The summed E-state index contributed by atoms with van der Waals surface area (Å²) < 4.78 is 0. The first kappa shape index (κ1) is 8.38. The van der Waals surface area contributed by atoms with E-state index in [0.29, 0.717) is 5.11 Å². The first-order chi connectivity index (χ1) is 6.27. The van der Waals surface area contributed by atoms with Gasteiger partial charge in [0.25, 0.3) is 0 Å². The lowest BCUT2D eigenvalue weighted by Crippen LogP contribution is -2.28. The Kier molecular flexibility index (Phi) is 2.10. The van der Waals surface area contributed by atoms with E-state index in [-0.39, 0.29) is 6.04 Å². The van der Waals surface area contributed by atoms with Crippen molar-refractivity contribution in [1.82, 2.24) is 5.32 Å². The molecule has 0 aliphatic carbocycles. The predicted molar refractivity (Wildman–Crippen MR) is 58.2 cm³/mol. The fourth-order valence-electron chi connectivity index (χ4n) is 1.42. The Morgan fingerprint density at radius 3 is 2.54 bits per heavy atom. The first-order valence-electron chi connectivity index (χ1n) is 4.22. The van der Waals surface area contributed by atoms with Crippen molar-refractivity contribution in [3.8, 4) is 0 Å². The molecule has 2 rings (SSSR count). The number of nitrogens with zero attached hydrogens (tertiary/aromatic N) is 1. The van der Waals surface area contributed by atoms with Crippen LogP contribution in [0.15, 0.2) is 35.3 Å². The zero-order chi connectivity index (χ0) is 9.26. The highest BCUT2D eigenvalue weighted by Crippen LogP contribution is 2.09. The normalized spacial score (nSPS) is 21.2. The van der Waals surface area contributed by atoms with Gasteiger partial charge in [0.2, 0.25) is 0 Å². The van der Waals surface area contributed by atoms with Gasteiger partial charge >= 0.3 is 0 Å². The molecule has 1 heterocycles. The molecule has 1 aliphatic rings. The van der Waals surface area contributed by atoms with Gasteiger partial charge < -0.3 is 5.32 Å². The topological polar surface area (TPSA) is 24.4 Å². The van der Waals surface area contributed by atoms with Crippen LogP contribution in [0.2, 0.25) is 0 Å². The molecule has 66 valence electrons. The quantitative estimate of drug-likeness (QED) is 0.682. The smallest absolute Gasteiger partial charge is 0.193 e.